The molecular formula is C16H24N2O5S. The van der Waals surface area contributed by atoms with Crippen molar-refractivity contribution in [3.63, 3.8) is 0 Å². The Morgan fingerprint density at radius 2 is 1.92 bits per heavy atom. The van der Waals surface area contributed by atoms with E-state index in [1.165, 1.54) is 30.3 Å². The quantitative estimate of drug-likeness (QED) is 0.429. The molecule has 0 atom stereocenters. The molecule has 0 saturated carbocycles. The average molecular weight is 356 g/mol. The fourth-order valence-corrected chi connectivity index (χ4v) is 2.76. The molecule has 134 valence electrons. The number of nitrogens with one attached hydrogen (secondary N) is 2. The molecule has 1 aromatic rings. The van der Waals surface area contributed by atoms with Crippen LogP contribution in [0.3, 0.4) is 0 Å². The lowest BCUT2D eigenvalue weighted by Gasteiger charge is -2.08. The van der Waals surface area contributed by atoms with Gasteiger partial charge < -0.3 is 14.8 Å². The van der Waals surface area contributed by atoms with Crippen LogP contribution >= 0.6 is 0 Å². The van der Waals surface area contributed by atoms with Crippen LogP contribution in [0.5, 0.6) is 0 Å². The zero-order valence-corrected chi connectivity index (χ0v) is 14.6. The fraction of sp³-hybridized carbons (Fsp3) is 0.438. The summed E-state index contributed by atoms with van der Waals surface area (Å²) in [6, 6.07) is 5.75. The van der Waals surface area contributed by atoms with Crippen LogP contribution in [-0.4, -0.2) is 54.3 Å². The molecule has 0 aromatic heterocycles. The van der Waals surface area contributed by atoms with E-state index >= 15 is 0 Å². The Labute approximate surface area is 143 Å². The number of ether oxygens (including phenoxy) is 2. The zero-order chi connectivity index (χ0) is 17.8. The third-order valence-electron chi connectivity index (χ3n) is 3.03. The molecule has 0 unspecified atom stereocenters. The topological polar surface area (TPSA) is 93.7 Å². The van der Waals surface area contributed by atoms with Crippen molar-refractivity contribution in [1.82, 2.24) is 10.0 Å². The highest BCUT2D eigenvalue weighted by molar-refractivity contribution is 7.89. The summed E-state index contributed by atoms with van der Waals surface area (Å²) in [5, 5.41) is 2.75. The average Bonchev–Trinajstić information content (AvgIpc) is 2.59. The Hall–Kier alpha value is -1.74. The van der Waals surface area contributed by atoms with Gasteiger partial charge in [0.15, 0.2) is 0 Å². The number of carbonyl (C=O) groups excluding carboxylic acids is 1. The molecule has 0 heterocycles. The number of hydrogen-bond donors (Lipinski definition) is 2. The van der Waals surface area contributed by atoms with E-state index in [1.54, 1.807) is 7.11 Å². The van der Waals surface area contributed by atoms with Crippen LogP contribution in [0.2, 0.25) is 0 Å². The van der Waals surface area contributed by atoms with E-state index in [2.05, 4.69) is 16.6 Å². The molecule has 0 saturated heterocycles. The first kappa shape index (κ1) is 20.3. The minimum Gasteiger partial charge on any atom is -0.382 e. The zero-order valence-electron chi connectivity index (χ0n) is 13.8. The second-order valence-electron chi connectivity index (χ2n) is 4.88. The van der Waals surface area contributed by atoms with Gasteiger partial charge in [-0.3, -0.25) is 4.79 Å². The van der Waals surface area contributed by atoms with Gasteiger partial charge in [0.1, 0.15) is 0 Å². The summed E-state index contributed by atoms with van der Waals surface area (Å²) in [5.74, 6) is -0.255. The summed E-state index contributed by atoms with van der Waals surface area (Å²) in [7, 11) is -1.97. The molecule has 0 fully saturated rings. The van der Waals surface area contributed by atoms with Gasteiger partial charge in [-0.25, -0.2) is 13.1 Å². The van der Waals surface area contributed by atoms with Crippen LogP contribution < -0.4 is 10.0 Å². The molecule has 0 aliphatic rings. The van der Waals surface area contributed by atoms with Gasteiger partial charge in [0.2, 0.25) is 10.0 Å². The lowest BCUT2D eigenvalue weighted by atomic mass is 10.2. The maximum absolute atomic E-state index is 12.0. The molecular weight excluding hydrogens is 332 g/mol. The summed E-state index contributed by atoms with van der Waals surface area (Å²) in [6.07, 6.45) is 2.14. The highest BCUT2D eigenvalue weighted by Crippen LogP contribution is 2.10. The molecule has 0 spiro atoms. The first-order chi connectivity index (χ1) is 11.5. The molecule has 0 radical (unpaired) electrons. The Kier molecular flexibility index (Phi) is 9.24. The number of hydrogen-bond acceptors (Lipinski definition) is 5. The minimum atomic E-state index is -3.58. The van der Waals surface area contributed by atoms with Crippen LogP contribution in [-0.2, 0) is 19.5 Å². The van der Waals surface area contributed by atoms with Crippen molar-refractivity contribution < 1.29 is 22.7 Å². The van der Waals surface area contributed by atoms with E-state index < -0.39 is 10.0 Å². The number of sulfonamides is 1. The minimum absolute atomic E-state index is 0.104. The molecule has 7 nitrogen and oxygen atoms in total. The van der Waals surface area contributed by atoms with E-state index in [9.17, 15) is 13.2 Å². The summed E-state index contributed by atoms with van der Waals surface area (Å²) in [4.78, 5) is 12.1. The SMILES string of the molecule is C=CCNS(=O)(=O)c1ccc(C(=O)NCCCOCCOC)cc1. The Morgan fingerprint density at radius 3 is 2.54 bits per heavy atom. The first-order valence-corrected chi connectivity index (χ1v) is 9.05. The third kappa shape index (κ3) is 7.22. The number of benzene rings is 1. The van der Waals surface area contributed by atoms with Crippen molar-refractivity contribution in [3.8, 4) is 0 Å². The summed E-state index contributed by atoms with van der Waals surface area (Å²) < 4.78 is 36.3. The van der Waals surface area contributed by atoms with Crippen LogP contribution in [0.4, 0.5) is 0 Å². The number of rotatable bonds is 12. The maximum Gasteiger partial charge on any atom is 0.251 e. The summed E-state index contributed by atoms with van der Waals surface area (Å²) >= 11 is 0. The standard InChI is InChI=1S/C16H24N2O5S/c1-3-9-18-24(20,21)15-7-5-14(6-8-15)16(19)17-10-4-11-23-13-12-22-2/h3,5-8,18H,1,4,9-13H2,2H3,(H,17,19). The van der Waals surface area contributed by atoms with E-state index in [4.69, 9.17) is 9.47 Å². The Bertz CT molecular complexity index is 614. The molecule has 0 aliphatic heterocycles. The molecule has 2 N–H and O–H groups in total. The molecule has 24 heavy (non-hydrogen) atoms. The van der Waals surface area contributed by atoms with Crippen LogP contribution in [0, 0.1) is 0 Å². The van der Waals surface area contributed by atoms with Crippen molar-refractivity contribution in [3.05, 3.63) is 42.5 Å². The second kappa shape index (κ2) is 10.9. The van der Waals surface area contributed by atoms with Crippen LogP contribution in [0.25, 0.3) is 0 Å². The lowest BCUT2D eigenvalue weighted by molar-refractivity contribution is 0.0688. The van der Waals surface area contributed by atoms with E-state index in [1.807, 2.05) is 0 Å². The highest BCUT2D eigenvalue weighted by atomic mass is 32.2. The van der Waals surface area contributed by atoms with Crippen molar-refractivity contribution in [2.75, 3.05) is 40.0 Å². The van der Waals surface area contributed by atoms with Gasteiger partial charge in [0.05, 0.1) is 18.1 Å². The number of carbonyl (C=O) groups is 1. The summed E-state index contributed by atoms with van der Waals surface area (Å²) in [5.41, 5.74) is 0.401. The highest BCUT2D eigenvalue weighted by Gasteiger charge is 2.13. The van der Waals surface area contributed by atoms with Gasteiger partial charge in [-0.2, -0.15) is 0 Å². The molecule has 0 bridgehead atoms. The second-order valence-corrected chi connectivity index (χ2v) is 6.65. The van der Waals surface area contributed by atoms with Gasteiger partial charge in [0, 0.05) is 32.4 Å². The van der Waals surface area contributed by atoms with E-state index in [0.717, 1.165) is 0 Å². The predicted octanol–water partition coefficient (Wildman–Crippen LogP) is 0.934. The molecule has 8 heteroatoms. The van der Waals surface area contributed by atoms with Gasteiger partial charge in [-0.1, -0.05) is 6.08 Å². The largest absolute Gasteiger partial charge is 0.382 e. The van der Waals surface area contributed by atoms with Crippen LogP contribution in [0.1, 0.15) is 16.8 Å². The first-order valence-electron chi connectivity index (χ1n) is 7.56. The lowest BCUT2D eigenvalue weighted by Crippen LogP contribution is -2.26. The predicted molar refractivity (Wildman–Crippen MR) is 91.5 cm³/mol. The van der Waals surface area contributed by atoms with Gasteiger partial charge in [-0.05, 0) is 30.7 Å². The molecule has 1 rings (SSSR count). The Balaban J connectivity index is 2.42. The summed E-state index contributed by atoms with van der Waals surface area (Å²) in [6.45, 7) is 5.70. The third-order valence-corrected chi connectivity index (χ3v) is 4.47. The number of methoxy groups -OCH3 is 1. The number of amides is 1. The van der Waals surface area contributed by atoms with E-state index in [0.29, 0.717) is 38.3 Å². The molecule has 1 amide bonds. The molecule has 1 aromatic carbocycles. The fourth-order valence-electron chi connectivity index (χ4n) is 1.76. The van der Waals surface area contributed by atoms with Crippen LogP contribution in [0.15, 0.2) is 41.8 Å². The normalized spacial score (nSPS) is 11.2. The van der Waals surface area contributed by atoms with Crippen molar-refractivity contribution in [1.29, 1.82) is 0 Å². The van der Waals surface area contributed by atoms with E-state index in [-0.39, 0.29) is 17.3 Å². The van der Waals surface area contributed by atoms with Gasteiger partial charge in [0.25, 0.3) is 5.91 Å². The van der Waals surface area contributed by atoms with Gasteiger partial charge >= 0.3 is 0 Å². The Morgan fingerprint density at radius 1 is 1.21 bits per heavy atom. The van der Waals surface area contributed by atoms with Crippen molar-refractivity contribution >= 4 is 15.9 Å². The van der Waals surface area contributed by atoms with Gasteiger partial charge in [-0.15, -0.1) is 6.58 Å². The maximum atomic E-state index is 12.0. The van der Waals surface area contributed by atoms with Crippen molar-refractivity contribution in [2.45, 2.75) is 11.3 Å². The smallest absolute Gasteiger partial charge is 0.251 e. The monoisotopic (exact) mass is 356 g/mol. The van der Waals surface area contributed by atoms with Crippen molar-refractivity contribution in [2.24, 2.45) is 0 Å². The molecule has 0 aliphatic carbocycles.